The summed E-state index contributed by atoms with van der Waals surface area (Å²) >= 11 is 5.99. The lowest BCUT2D eigenvalue weighted by Crippen LogP contribution is -2.23. The first-order valence-electron chi connectivity index (χ1n) is 6.22. The van der Waals surface area contributed by atoms with E-state index in [1.807, 2.05) is 12.1 Å². The number of halogens is 1. The third-order valence-corrected chi connectivity index (χ3v) is 3.73. The smallest absolute Gasteiger partial charge is 0.229 e. The van der Waals surface area contributed by atoms with Crippen LogP contribution < -0.4 is 5.32 Å². The Balaban J connectivity index is 1.72. The fourth-order valence-corrected chi connectivity index (χ4v) is 2.61. The maximum Gasteiger partial charge on any atom is 0.229 e. The second kappa shape index (κ2) is 5.02. The maximum atomic E-state index is 12.2. The lowest BCUT2D eigenvalue weighted by Gasteiger charge is -2.10. The molecule has 1 aliphatic carbocycles. The summed E-state index contributed by atoms with van der Waals surface area (Å²) in [4.78, 5) is 16.3. The highest BCUT2D eigenvalue weighted by molar-refractivity contribution is 6.33. The lowest BCUT2D eigenvalue weighted by molar-refractivity contribution is -0.119. The maximum absolute atomic E-state index is 12.2. The molecular weight excluding hydrogens is 260 g/mol. The van der Waals surface area contributed by atoms with Crippen molar-refractivity contribution in [2.45, 2.75) is 12.8 Å². The zero-order valence-corrected chi connectivity index (χ0v) is 11.0. The van der Waals surface area contributed by atoms with Gasteiger partial charge in [0.05, 0.1) is 5.02 Å². The summed E-state index contributed by atoms with van der Waals surface area (Å²) in [6, 6.07) is 11.6. The number of nitrogens with zero attached hydrogens (tertiary/aromatic N) is 1. The topological polar surface area (TPSA) is 42.0 Å². The van der Waals surface area contributed by atoms with E-state index in [9.17, 15) is 4.79 Å². The summed E-state index contributed by atoms with van der Waals surface area (Å²) in [7, 11) is 0. The Labute approximate surface area is 116 Å². The number of pyridine rings is 1. The molecule has 0 unspecified atom stereocenters. The Morgan fingerprint density at radius 3 is 2.47 bits per heavy atom. The summed E-state index contributed by atoms with van der Waals surface area (Å²) in [5.74, 6) is 0.386. The number of hydrogen-bond donors (Lipinski definition) is 1. The molecule has 3 nitrogen and oxygen atoms in total. The van der Waals surface area contributed by atoms with Gasteiger partial charge in [-0.05, 0) is 36.1 Å². The Hall–Kier alpha value is -1.87. The van der Waals surface area contributed by atoms with Gasteiger partial charge in [0, 0.05) is 12.1 Å². The Kier molecular flexibility index (Phi) is 3.22. The number of anilines is 1. The highest BCUT2D eigenvalue weighted by atomic mass is 35.5. The van der Waals surface area contributed by atoms with E-state index >= 15 is 0 Å². The highest BCUT2D eigenvalue weighted by Crippen LogP contribution is 2.28. The largest absolute Gasteiger partial charge is 0.309 e. The molecule has 19 heavy (non-hydrogen) atoms. The Morgan fingerprint density at radius 1 is 1.16 bits per heavy atom. The molecule has 1 heterocycles. The van der Waals surface area contributed by atoms with Crippen molar-refractivity contribution in [3.05, 3.63) is 58.7 Å². The van der Waals surface area contributed by atoms with Crippen molar-refractivity contribution < 1.29 is 4.79 Å². The van der Waals surface area contributed by atoms with E-state index in [4.69, 9.17) is 11.6 Å². The molecule has 3 rings (SSSR count). The van der Waals surface area contributed by atoms with Crippen molar-refractivity contribution in [2.24, 2.45) is 5.92 Å². The van der Waals surface area contributed by atoms with Crippen LogP contribution in [0.25, 0.3) is 0 Å². The van der Waals surface area contributed by atoms with Crippen LogP contribution >= 0.6 is 11.6 Å². The van der Waals surface area contributed by atoms with Gasteiger partial charge >= 0.3 is 0 Å². The number of benzene rings is 1. The molecule has 0 fully saturated rings. The summed E-state index contributed by atoms with van der Waals surface area (Å²) in [5.41, 5.74) is 2.52. The molecule has 0 saturated heterocycles. The van der Waals surface area contributed by atoms with E-state index in [0.717, 1.165) is 12.8 Å². The van der Waals surface area contributed by atoms with Gasteiger partial charge in [-0.3, -0.25) is 4.79 Å². The number of aromatic nitrogens is 1. The molecule has 1 aliphatic rings. The number of rotatable bonds is 2. The Morgan fingerprint density at radius 2 is 1.84 bits per heavy atom. The number of carbonyl (C=O) groups excluding carboxylic acids is 1. The average Bonchev–Trinajstić information content (AvgIpc) is 2.85. The van der Waals surface area contributed by atoms with Crippen LogP contribution in [0.5, 0.6) is 0 Å². The zero-order chi connectivity index (χ0) is 13.2. The van der Waals surface area contributed by atoms with E-state index in [0.29, 0.717) is 10.8 Å². The van der Waals surface area contributed by atoms with Crippen LogP contribution in [0.3, 0.4) is 0 Å². The van der Waals surface area contributed by atoms with E-state index in [-0.39, 0.29) is 11.8 Å². The van der Waals surface area contributed by atoms with Gasteiger partial charge in [-0.15, -0.1) is 0 Å². The van der Waals surface area contributed by atoms with Crippen molar-refractivity contribution in [2.75, 3.05) is 5.32 Å². The fraction of sp³-hybridized carbons (Fsp3) is 0.200. The first kappa shape index (κ1) is 12.2. The predicted octanol–water partition coefficient (Wildman–Crippen LogP) is 3.09. The third kappa shape index (κ3) is 2.47. The fourth-order valence-electron chi connectivity index (χ4n) is 2.44. The molecule has 4 heteroatoms. The van der Waals surface area contributed by atoms with Gasteiger partial charge < -0.3 is 5.32 Å². The van der Waals surface area contributed by atoms with Gasteiger partial charge in [-0.2, -0.15) is 0 Å². The van der Waals surface area contributed by atoms with Crippen LogP contribution in [0.1, 0.15) is 11.1 Å². The molecule has 0 atom stereocenters. The average molecular weight is 273 g/mol. The van der Waals surface area contributed by atoms with Crippen molar-refractivity contribution in [3.63, 3.8) is 0 Å². The molecule has 1 aromatic carbocycles. The number of nitrogens with one attached hydrogen (secondary N) is 1. The standard InChI is InChI=1S/C15H13ClN2O/c16-13-6-3-7-17-14(13)18-15(19)12-8-10-4-1-2-5-11(10)9-12/h1-7,12H,8-9H2,(H,17,18,19). The van der Waals surface area contributed by atoms with Gasteiger partial charge in [0.1, 0.15) is 0 Å². The van der Waals surface area contributed by atoms with Crippen molar-refractivity contribution in [1.29, 1.82) is 0 Å². The quantitative estimate of drug-likeness (QED) is 0.913. The van der Waals surface area contributed by atoms with Crippen LogP contribution in [0, 0.1) is 5.92 Å². The molecule has 0 saturated carbocycles. The van der Waals surface area contributed by atoms with Crippen LogP contribution in [0.2, 0.25) is 5.02 Å². The Bertz CT molecular complexity index is 602. The van der Waals surface area contributed by atoms with E-state index in [2.05, 4.69) is 22.4 Å². The van der Waals surface area contributed by atoms with Crippen LogP contribution in [-0.4, -0.2) is 10.9 Å². The predicted molar refractivity (Wildman–Crippen MR) is 75.2 cm³/mol. The minimum atomic E-state index is -0.0320. The number of fused-ring (bicyclic) bond motifs is 1. The van der Waals surface area contributed by atoms with Gasteiger partial charge in [0.25, 0.3) is 0 Å². The van der Waals surface area contributed by atoms with Crippen LogP contribution in [-0.2, 0) is 17.6 Å². The van der Waals surface area contributed by atoms with Gasteiger partial charge in [0.15, 0.2) is 5.82 Å². The van der Waals surface area contributed by atoms with Crippen molar-refractivity contribution >= 4 is 23.3 Å². The molecule has 2 aromatic rings. The molecule has 1 amide bonds. The zero-order valence-electron chi connectivity index (χ0n) is 10.3. The second-order valence-corrected chi connectivity index (χ2v) is 5.10. The van der Waals surface area contributed by atoms with Crippen LogP contribution in [0.4, 0.5) is 5.82 Å². The molecular formula is C15H13ClN2O. The first-order chi connectivity index (χ1) is 9.24. The number of carbonyl (C=O) groups is 1. The normalized spacial score (nSPS) is 14.2. The molecule has 0 spiro atoms. The third-order valence-electron chi connectivity index (χ3n) is 3.42. The minimum Gasteiger partial charge on any atom is -0.309 e. The van der Waals surface area contributed by atoms with E-state index in [1.165, 1.54) is 11.1 Å². The van der Waals surface area contributed by atoms with Crippen LogP contribution in [0.15, 0.2) is 42.6 Å². The summed E-state index contributed by atoms with van der Waals surface area (Å²) in [6.45, 7) is 0. The van der Waals surface area contributed by atoms with E-state index < -0.39 is 0 Å². The van der Waals surface area contributed by atoms with Crippen molar-refractivity contribution in [3.8, 4) is 0 Å². The van der Waals surface area contributed by atoms with Gasteiger partial charge in [0.2, 0.25) is 5.91 Å². The number of amides is 1. The monoisotopic (exact) mass is 272 g/mol. The molecule has 0 bridgehead atoms. The summed E-state index contributed by atoms with van der Waals surface area (Å²) < 4.78 is 0. The molecule has 1 N–H and O–H groups in total. The minimum absolute atomic E-state index is 0.0169. The summed E-state index contributed by atoms with van der Waals surface area (Å²) in [5, 5.41) is 3.27. The molecule has 0 radical (unpaired) electrons. The van der Waals surface area contributed by atoms with E-state index in [1.54, 1.807) is 18.3 Å². The number of hydrogen-bond acceptors (Lipinski definition) is 2. The summed E-state index contributed by atoms with van der Waals surface area (Å²) in [6.07, 6.45) is 3.18. The van der Waals surface area contributed by atoms with Gasteiger partial charge in [-0.1, -0.05) is 35.9 Å². The second-order valence-electron chi connectivity index (χ2n) is 4.70. The molecule has 0 aliphatic heterocycles. The molecule has 1 aromatic heterocycles. The SMILES string of the molecule is O=C(Nc1ncccc1Cl)C1Cc2ccccc2C1. The first-order valence-corrected chi connectivity index (χ1v) is 6.60. The van der Waals surface area contributed by atoms with Crippen molar-refractivity contribution in [1.82, 2.24) is 4.98 Å². The molecule has 96 valence electrons. The highest BCUT2D eigenvalue weighted by Gasteiger charge is 2.27. The van der Waals surface area contributed by atoms with Gasteiger partial charge in [-0.25, -0.2) is 4.98 Å². The lowest BCUT2D eigenvalue weighted by atomic mass is 10.1.